The van der Waals surface area contributed by atoms with Crippen LogP contribution < -0.4 is 10.0 Å². The average molecular weight is 269 g/mol. The number of aromatic nitrogens is 1. The maximum absolute atomic E-state index is 13.0. The average Bonchev–Trinajstić information content (AvgIpc) is 2.18. The third-order valence-electron chi connectivity index (χ3n) is 1.67. The Hall–Kier alpha value is -1.35. The number of hydrogen-bond donors (Lipinski definition) is 2. The zero-order valence-corrected chi connectivity index (χ0v) is 9.61. The van der Waals surface area contributed by atoms with Crippen LogP contribution in [0.25, 0.3) is 0 Å². The van der Waals surface area contributed by atoms with E-state index in [1.807, 2.05) is 0 Å². The second-order valence-electron chi connectivity index (χ2n) is 3.18. The molecule has 0 radical (unpaired) electrons. The summed E-state index contributed by atoms with van der Waals surface area (Å²) in [5.41, 5.74) is 0. The number of nitrogens with one attached hydrogen (secondary N) is 2. The summed E-state index contributed by atoms with van der Waals surface area (Å²) in [6.07, 6.45) is 0.962. The van der Waals surface area contributed by atoms with Gasteiger partial charge in [-0.3, -0.25) is 0 Å². The summed E-state index contributed by atoms with van der Waals surface area (Å²) in [5, 5.41) is 2.33. The highest BCUT2D eigenvalue weighted by molar-refractivity contribution is 7.88. The standard InChI is InChI=1S/C8H10F3N3O2S/c1-17(15,16)13-3-2-12-8-6(10)4-5(9)7(11)14-8/h4,13H,2-3H2,1H3,(H,12,14). The van der Waals surface area contributed by atoms with Crippen molar-refractivity contribution < 1.29 is 21.6 Å². The molecule has 1 aromatic heterocycles. The normalized spacial score (nSPS) is 11.5. The van der Waals surface area contributed by atoms with Crippen LogP contribution in [0.2, 0.25) is 0 Å². The maximum Gasteiger partial charge on any atom is 0.251 e. The van der Waals surface area contributed by atoms with E-state index in [2.05, 4.69) is 15.0 Å². The molecule has 0 unspecified atom stereocenters. The number of anilines is 1. The van der Waals surface area contributed by atoms with Gasteiger partial charge in [0.2, 0.25) is 10.0 Å². The van der Waals surface area contributed by atoms with Gasteiger partial charge in [0.05, 0.1) is 6.26 Å². The molecular weight excluding hydrogens is 259 g/mol. The Balaban J connectivity index is 2.55. The summed E-state index contributed by atoms with van der Waals surface area (Å²) >= 11 is 0. The fourth-order valence-electron chi connectivity index (χ4n) is 0.985. The van der Waals surface area contributed by atoms with E-state index in [0.717, 1.165) is 6.26 Å². The Morgan fingerprint density at radius 2 is 1.88 bits per heavy atom. The number of hydrogen-bond acceptors (Lipinski definition) is 4. The van der Waals surface area contributed by atoms with Crippen molar-refractivity contribution in [3.63, 3.8) is 0 Å². The Morgan fingerprint density at radius 1 is 1.24 bits per heavy atom. The van der Waals surface area contributed by atoms with Crippen molar-refractivity contribution in [1.29, 1.82) is 0 Å². The smallest absolute Gasteiger partial charge is 0.251 e. The van der Waals surface area contributed by atoms with Crippen LogP contribution in [0.5, 0.6) is 0 Å². The van der Waals surface area contributed by atoms with Gasteiger partial charge >= 0.3 is 0 Å². The monoisotopic (exact) mass is 269 g/mol. The van der Waals surface area contributed by atoms with E-state index < -0.39 is 33.4 Å². The first-order valence-electron chi connectivity index (χ1n) is 4.49. The Bertz CT molecular complexity index is 507. The molecule has 0 spiro atoms. The number of halogens is 3. The van der Waals surface area contributed by atoms with E-state index in [1.165, 1.54) is 0 Å². The molecule has 0 bridgehead atoms. The van der Waals surface area contributed by atoms with Gasteiger partial charge in [-0.25, -0.2) is 21.9 Å². The van der Waals surface area contributed by atoms with E-state index in [1.54, 1.807) is 0 Å². The molecule has 0 aliphatic rings. The molecule has 0 aliphatic carbocycles. The summed E-state index contributed by atoms with van der Waals surface area (Å²) in [7, 11) is -3.34. The predicted molar refractivity (Wildman–Crippen MR) is 55.4 cm³/mol. The van der Waals surface area contributed by atoms with Crippen LogP contribution in [0, 0.1) is 17.6 Å². The first-order valence-corrected chi connectivity index (χ1v) is 6.39. The van der Waals surface area contributed by atoms with Gasteiger partial charge in [0, 0.05) is 19.2 Å². The van der Waals surface area contributed by atoms with E-state index >= 15 is 0 Å². The minimum Gasteiger partial charge on any atom is -0.366 e. The van der Waals surface area contributed by atoms with Crippen LogP contribution >= 0.6 is 0 Å². The van der Waals surface area contributed by atoms with Gasteiger partial charge < -0.3 is 5.32 Å². The van der Waals surface area contributed by atoms with Crippen molar-refractivity contribution in [2.24, 2.45) is 0 Å². The Morgan fingerprint density at radius 3 is 2.47 bits per heavy atom. The summed E-state index contributed by atoms with van der Waals surface area (Å²) in [4.78, 5) is 3.00. The van der Waals surface area contributed by atoms with Gasteiger partial charge in [-0.15, -0.1) is 0 Å². The molecule has 1 aromatic rings. The topological polar surface area (TPSA) is 71.1 Å². The van der Waals surface area contributed by atoms with Gasteiger partial charge in [-0.05, 0) is 0 Å². The minimum atomic E-state index is -3.34. The summed E-state index contributed by atoms with van der Waals surface area (Å²) < 4.78 is 61.7. The zero-order valence-electron chi connectivity index (χ0n) is 8.80. The molecule has 0 saturated carbocycles. The Kier molecular flexibility index (Phi) is 4.29. The van der Waals surface area contributed by atoms with Crippen LogP contribution in [0.1, 0.15) is 0 Å². The molecule has 5 nitrogen and oxygen atoms in total. The second kappa shape index (κ2) is 5.32. The van der Waals surface area contributed by atoms with Crippen molar-refractivity contribution in [1.82, 2.24) is 9.71 Å². The highest BCUT2D eigenvalue weighted by Crippen LogP contribution is 2.13. The lowest BCUT2D eigenvalue weighted by atomic mass is 10.4. The first-order chi connectivity index (χ1) is 7.79. The number of rotatable bonds is 5. The minimum absolute atomic E-state index is 0.0118. The van der Waals surface area contributed by atoms with Crippen molar-refractivity contribution >= 4 is 15.8 Å². The van der Waals surface area contributed by atoms with Crippen molar-refractivity contribution in [2.45, 2.75) is 0 Å². The van der Waals surface area contributed by atoms with Crippen LogP contribution in [0.3, 0.4) is 0 Å². The highest BCUT2D eigenvalue weighted by Gasteiger charge is 2.11. The third kappa shape index (κ3) is 4.57. The van der Waals surface area contributed by atoms with Crippen LogP contribution in [0.15, 0.2) is 6.07 Å². The van der Waals surface area contributed by atoms with Crippen molar-refractivity contribution in [3.05, 3.63) is 23.6 Å². The quantitative estimate of drug-likeness (QED) is 0.602. The summed E-state index contributed by atoms with van der Waals surface area (Å²) in [5.74, 6) is -4.34. The predicted octanol–water partition coefficient (Wildman–Crippen LogP) is 0.460. The van der Waals surface area contributed by atoms with Gasteiger partial charge in [-0.1, -0.05) is 0 Å². The van der Waals surface area contributed by atoms with Gasteiger partial charge in [0.15, 0.2) is 17.5 Å². The molecule has 1 heterocycles. The van der Waals surface area contributed by atoms with E-state index in [0.29, 0.717) is 6.07 Å². The van der Waals surface area contributed by atoms with Gasteiger partial charge in [-0.2, -0.15) is 9.37 Å². The van der Waals surface area contributed by atoms with E-state index in [4.69, 9.17) is 0 Å². The van der Waals surface area contributed by atoms with Crippen molar-refractivity contribution in [3.8, 4) is 0 Å². The van der Waals surface area contributed by atoms with Crippen LogP contribution in [-0.2, 0) is 10.0 Å². The molecule has 0 atom stereocenters. The maximum atomic E-state index is 13.0. The zero-order chi connectivity index (χ0) is 13.1. The largest absolute Gasteiger partial charge is 0.366 e. The van der Waals surface area contributed by atoms with Crippen molar-refractivity contribution in [2.75, 3.05) is 24.7 Å². The fraction of sp³-hybridized carbons (Fsp3) is 0.375. The lowest BCUT2D eigenvalue weighted by Crippen LogP contribution is -2.28. The molecule has 17 heavy (non-hydrogen) atoms. The molecule has 96 valence electrons. The van der Waals surface area contributed by atoms with Crippen LogP contribution in [-0.4, -0.2) is 32.7 Å². The Labute approximate surface area is 96.1 Å². The van der Waals surface area contributed by atoms with E-state index in [-0.39, 0.29) is 13.1 Å². The number of pyridine rings is 1. The fourth-order valence-corrected chi connectivity index (χ4v) is 1.46. The number of nitrogens with zero attached hydrogens (tertiary/aromatic N) is 1. The lowest BCUT2D eigenvalue weighted by Gasteiger charge is -2.07. The molecule has 1 rings (SSSR count). The molecule has 0 aromatic carbocycles. The highest BCUT2D eigenvalue weighted by atomic mass is 32.2. The molecule has 2 N–H and O–H groups in total. The second-order valence-corrected chi connectivity index (χ2v) is 5.02. The summed E-state index contributed by atoms with van der Waals surface area (Å²) in [6.45, 7) is -0.0407. The number of sulfonamides is 1. The molecule has 0 aliphatic heterocycles. The molecule has 9 heteroatoms. The van der Waals surface area contributed by atoms with Gasteiger partial charge in [0.1, 0.15) is 0 Å². The van der Waals surface area contributed by atoms with E-state index in [9.17, 15) is 21.6 Å². The molecular formula is C8H10F3N3O2S. The van der Waals surface area contributed by atoms with Gasteiger partial charge in [0.25, 0.3) is 5.95 Å². The SMILES string of the molecule is CS(=O)(=O)NCCNc1nc(F)c(F)cc1F. The first kappa shape index (κ1) is 13.7. The molecule has 0 amide bonds. The third-order valence-corrected chi connectivity index (χ3v) is 2.40. The molecule has 0 fully saturated rings. The summed E-state index contributed by atoms with van der Waals surface area (Å²) in [6, 6.07) is 0.356. The molecule has 0 saturated heterocycles. The lowest BCUT2D eigenvalue weighted by molar-refractivity contribution is 0.466. The van der Waals surface area contributed by atoms with Crippen LogP contribution in [0.4, 0.5) is 19.0 Å².